The van der Waals surface area contributed by atoms with Gasteiger partial charge in [-0.1, -0.05) is 47.6 Å². The number of benzene rings is 2. The van der Waals surface area contributed by atoms with Gasteiger partial charge in [-0.2, -0.15) is 0 Å². The van der Waals surface area contributed by atoms with Crippen molar-refractivity contribution in [2.75, 3.05) is 0 Å². The Morgan fingerprint density at radius 2 is 1.73 bits per heavy atom. The van der Waals surface area contributed by atoms with Crippen LogP contribution in [0, 0.1) is 0 Å². The predicted octanol–water partition coefficient (Wildman–Crippen LogP) is 7.29. The molecule has 3 nitrogen and oxygen atoms in total. The van der Waals surface area contributed by atoms with Crippen molar-refractivity contribution in [3.63, 3.8) is 0 Å². The number of halogens is 2. The van der Waals surface area contributed by atoms with E-state index < -0.39 is 0 Å². The number of nitrogens with zero attached hydrogens (tertiary/aromatic N) is 1. The van der Waals surface area contributed by atoms with E-state index in [-0.39, 0.29) is 5.41 Å². The molecule has 1 N–H and O–H groups in total. The molecule has 1 aromatic heterocycles. The molecule has 5 rings (SSSR count). The van der Waals surface area contributed by atoms with E-state index in [0.717, 1.165) is 61.1 Å². The maximum absolute atomic E-state index is 9.78. The molecule has 1 fully saturated rings. The van der Waals surface area contributed by atoms with E-state index >= 15 is 0 Å². The summed E-state index contributed by atoms with van der Waals surface area (Å²) >= 11 is 12.7. The van der Waals surface area contributed by atoms with Crippen LogP contribution in [-0.2, 0) is 24.7 Å². The van der Waals surface area contributed by atoms with Crippen molar-refractivity contribution in [2.45, 2.75) is 63.2 Å². The second-order valence-electron chi connectivity index (χ2n) is 8.77. The van der Waals surface area contributed by atoms with Gasteiger partial charge in [0.1, 0.15) is 17.2 Å². The zero-order chi connectivity index (χ0) is 20.7. The lowest BCUT2D eigenvalue weighted by Gasteiger charge is -2.38. The first-order valence-electron chi connectivity index (χ1n) is 10.8. The van der Waals surface area contributed by atoms with Crippen LogP contribution in [0.4, 0.5) is 0 Å². The highest BCUT2D eigenvalue weighted by molar-refractivity contribution is 6.34. The van der Waals surface area contributed by atoms with Gasteiger partial charge in [-0.05, 0) is 85.0 Å². The number of rotatable bonds is 4. The molecule has 3 aromatic rings. The number of phenols is 1. The first-order valence-corrected chi connectivity index (χ1v) is 11.6. The fourth-order valence-electron chi connectivity index (χ4n) is 5.41. The molecule has 156 valence electrons. The molecule has 1 heterocycles. The largest absolute Gasteiger partial charge is 0.508 e. The second kappa shape index (κ2) is 7.94. The molecule has 0 bridgehead atoms. The summed E-state index contributed by atoms with van der Waals surface area (Å²) in [4.78, 5) is 0. The first-order chi connectivity index (χ1) is 14.5. The van der Waals surface area contributed by atoms with Crippen molar-refractivity contribution < 1.29 is 9.63 Å². The number of hydrogen-bond donors (Lipinski definition) is 1. The molecule has 1 saturated carbocycles. The smallest absolute Gasteiger partial charge is 0.140 e. The lowest BCUT2D eigenvalue weighted by molar-refractivity contribution is 0.263. The molecule has 0 radical (unpaired) electrons. The Kier molecular flexibility index (Phi) is 5.28. The Hall–Kier alpha value is -1.97. The minimum Gasteiger partial charge on any atom is -0.508 e. The molecule has 0 atom stereocenters. The molecule has 0 aliphatic heterocycles. The Morgan fingerprint density at radius 3 is 2.50 bits per heavy atom. The van der Waals surface area contributed by atoms with Gasteiger partial charge in [-0.15, -0.1) is 0 Å². The van der Waals surface area contributed by atoms with Crippen LogP contribution in [-0.4, -0.2) is 10.3 Å². The molecular formula is C25H25Cl2NO2. The van der Waals surface area contributed by atoms with Crippen LogP contribution < -0.4 is 0 Å². The lowest BCUT2D eigenvalue weighted by Crippen LogP contribution is -2.30. The highest BCUT2D eigenvalue weighted by atomic mass is 35.5. The van der Waals surface area contributed by atoms with Gasteiger partial charge in [0.2, 0.25) is 0 Å². The number of aryl methyl sites for hydroxylation is 2. The summed E-state index contributed by atoms with van der Waals surface area (Å²) < 4.78 is 5.86. The quantitative estimate of drug-likeness (QED) is 0.462. The van der Waals surface area contributed by atoms with Crippen molar-refractivity contribution in [2.24, 2.45) is 0 Å². The van der Waals surface area contributed by atoms with E-state index in [1.807, 2.05) is 18.2 Å². The maximum atomic E-state index is 9.78. The molecule has 5 heteroatoms. The van der Waals surface area contributed by atoms with Crippen LogP contribution in [0.5, 0.6) is 5.75 Å². The van der Waals surface area contributed by atoms with Crippen molar-refractivity contribution in [3.8, 4) is 17.0 Å². The van der Waals surface area contributed by atoms with E-state index in [0.29, 0.717) is 15.8 Å². The van der Waals surface area contributed by atoms with Gasteiger partial charge in [0.05, 0.1) is 0 Å². The van der Waals surface area contributed by atoms with Gasteiger partial charge in [-0.25, -0.2) is 0 Å². The summed E-state index contributed by atoms with van der Waals surface area (Å²) in [7, 11) is 0. The average molecular weight is 442 g/mol. The molecule has 2 aromatic carbocycles. The summed E-state index contributed by atoms with van der Waals surface area (Å²) in [6, 6.07) is 11.5. The SMILES string of the molecule is Oc1ccc2c(c1)CCc1c-2noc1CCC1(c2cc(Cl)cc(Cl)c2)CCCCC1. The third kappa shape index (κ3) is 3.63. The fraction of sp³-hybridized carbons (Fsp3) is 0.400. The second-order valence-corrected chi connectivity index (χ2v) is 9.65. The molecule has 2 aliphatic rings. The zero-order valence-corrected chi connectivity index (χ0v) is 18.4. The molecule has 0 amide bonds. The number of fused-ring (bicyclic) bond motifs is 3. The summed E-state index contributed by atoms with van der Waals surface area (Å²) in [6.45, 7) is 0. The molecule has 0 spiro atoms. The third-order valence-electron chi connectivity index (χ3n) is 6.97. The van der Waals surface area contributed by atoms with E-state index in [1.54, 1.807) is 6.07 Å². The monoisotopic (exact) mass is 441 g/mol. The van der Waals surface area contributed by atoms with Crippen LogP contribution in [0.2, 0.25) is 10.0 Å². The van der Waals surface area contributed by atoms with Gasteiger partial charge >= 0.3 is 0 Å². The van der Waals surface area contributed by atoms with Crippen LogP contribution >= 0.6 is 23.2 Å². The fourth-order valence-corrected chi connectivity index (χ4v) is 5.94. The van der Waals surface area contributed by atoms with E-state index in [4.69, 9.17) is 27.7 Å². The lowest BCUT2D eigenvalue weighted by atomic mass is 9.66. The predicted molar refractivity (Wildman–Crippen MR) is 121 cm³/mol. The maximum Gasteiger partial charge on any atom is 0.140 e. The number of aromatic hydroxyl groups is 1. The van der Waals surface area contributed by atoms with Gasteiger partial charge in [0.25, 0.3) is 0 Å². The van der Waals surface area contributed by atoms with Gasteiger partial charge in [0, 0.05) is 27.6 Å². The van der Waals surface area contributed by atoms with E-state index in [9.17, 15) is 5.11 Å². The highest BCUT2D eigenvalue weighted by Gasteiger charge is 2.35. The van der Waals surface area contributed by atoms with E-state index in [2.05, 4.69) is 17.3 Å². The van der Waals surface area contributed by atoms with E-state index in [1.165, 1.54) is 30.4 Å². The minimum atomic E-state index is 0.0881. The Labute approximate surface area is 187 Å². The summed E-state index contributed by atoms with van der Waals surface area (Å²) in [5.74, 6) is 1.31. The average Bonchev–Trinajstić information content (AvgIpc) is 3.15. The first kappa shape index (κ1) is 20.0. The summed E-state index contributed by atoms with van der Waals surface area (Å²) in [6.07, 6.45) is 9.74. The third-order valence-corrected chi connectivity index (χ3v) is 7.41. The number of phenolic OH excluding ortho intramolecular Hbond substituents is 1. The Morgan fingerprint density at radius 1 is 0.967 bits per heavy atom. The number of hydrogen-bond acceptors (Lipinski definition) is 3. The summed E-state index contributed by atoms with van der Waals surface area (Å²) in [5.41, 5.74) is 5.73. The van der Waals surface area contributed by atoms with Crippen molar-refractivity contribution in [1.29, 1.82) is 0 Å². The standard InChI is InChI=1S/C25H25Cl2NO2/c26-18-13-17(14-19(27)15-18)25(9-2-1-3-10-25)11-8-23-22-6-4-16-12-20(29)5-7-21(16)24(22)28-30-23/h5,7,12-15,29H,1-4,6,8-11H2. The number of aromatic nitrogens is 1. The molecular weight excluding hydrogens is 417 g/mol. The van der Waals surface area contributed by atoms with Crippen LogP contribution in [0.15, 0.2) is 40.9 Å². The van der Waals surface area contributed by atoms with Gasteiger partial charge in [0.15, 0.2) is 0 Å². The minimum absolute atomic E-state index is 0.0881. The zero-order valence-electron chi connectivity index (χ0n) is 16.9. The molecule has 0 unspecified atom stereocenters. The Balaban J connectivity index is 1.44. The van der Waals surface area contributed by atoms with Gasteiger partial charge in [-0.3, -0.25) is 0 Å². The topological polar surface area (TPSA) is 46.3 Å². The molecule has 30 heavy (non-hydrogen) atoms. The van der Waals surface area contributed by atoms with Crippen LogP contribution in [0.3, 0.4) is 0 Å². The van der Waals surface area contributed by atoms with Crippen molar-refractivity contribution in [1.82, 2.24) is 5.16 Å². The molecule has 2 aliphatic carbocycles. The van der Waals surface area contributed by atoms with Crippen molar-refractivity contribution in [3.05, 3.63) is 68.9 Å². The van der Waals surface area contributed by atoms with Crippen molar-refractivity contribution >= 4 is 23.2 Å². The van der Waals surface area contributed by atoms with Crippen LogP contribution in [0.1, 0.15) is 61.0 Å². The summed E-state index contributed by atoms with van der Waals surface area (Å²) in [5, 5.41) is 15.6. The highest BCUT2D eigenvalue weighted by Crippen LogP contribution is 2.45. The normalized spacial score (nSPS) is 17.4. The Bertz CT molecular complexity index is 1060. The molecule has 0 saturated heterocycles. The van der Waals surface area contributed by atoms with Gasteiger partial charge < -0.3 is 9.63 Å². The van der Waals surface area contributed by atoms with Crippen LogP contribution in [0.25, 0.3) is 11.3 Å².